The van der Waals surface area contributed by atoms with Gasteiger partial charge in [-0.2, -0.15) is 13.2 Å². The van der Waals surface area contributed by atoms with Gasteiger partial charge < -0.3 is 4.74 Å². The van der Waals surface area contributed by atoms with Crippen molar-refractivity contribution in [3.63, 3.8) is 0 Å². The number of ether oxygens (including phenoxy) is 1. The van der Waals surface area contributed by atoms with Crippen molar-refractivity contribution in [3.8, 4) is 5.75 Å². The molecule has 0 spiro atoms. The number of benzene rings is 1. The Kier molecular flexibility index (Phi) is 7.42. The molecule has 0 aliphatic heterocycles. The molecule has 0 saturated heterocycles. The van der Waals surface area contributed by atoms with Gasteiger partial charge in [0.25, 0.3) is 0 Å². The minimum absolute atomic E-state index is 0.276. The Hall–Kier alpha value is -1.19. The van der Waals surface area contributed by atoms with Crippen LogP contribution in [0.4, 0.5) is 13.2 Å². The van der Waals surface area contributed by atoms with Crippen molar-refractivity contribution in [3.05, 3.63) is 29.8 Å². The van der Waals surface area contributed by atoms with Crippen LogP contribution in [0.15, 0.2) is 24.3 Å². The van der Waals surface area contributed by atoms with E-state index in [2.05, 4.69) is 4.74 Å². The lowest BCUT2D eigenvalue weighted by Crippen LogP contribution is -2.19. The van der Waals surface area contributed by atoms with E-state index in [4.69, 9.17) is 0 Å². The Morgan fingerprint density at radius 2 is 1.82 bits per heavy atom. The van der Waals surface area contributed by atoms with Gasteiger partial charge in [-0.15, -0.1) is 0 Å². The van der Waals surface area contributed by atoms with E-state index in [0.29, 0.717) is 0 Å². The highest BCUT2D eigenvalue weighted by atomic mass is 19.4. The van der Waals surface area contributed by atoms with Crippen LogP contribution in [0.1, 0.15) is 32.8 Å². The quantitative estimate of drug-likeness (QED) is 0.756. The first-order chi connectivity index (χ1) is 8.01. The summed E-state index contributed by atoms with van der Waals surface area (Å²) in [5.41, 5.74) is 0.997. The fraction of sp³-hybridized carbons (Fsp3) is 0.538. The summed E-state index contributed by atoms with van der Waals surface area (Å²) in [4.78, 5) is 0. The summed E-state index contributed by atoms with van der Waals surface area (Å²) in [7, 11) is 0. The maximum Gasteiger partial charge on any atom is 0.422 e. The second-order valence-electron chi connectivity index (χ2n) is 3.30. The van der Waals surface area contributed by atoms with Crippen LogP contribution in [0.3, 0.4) is 0 Å². The van der Waals surface area contributed by atoms with Crippen LogP contribution in [-0.2, 0) is 6.42 Å². The van der Waals surface area contributed by atoms with Crippen molar-refractivity contribution < 1.29 is 17.9 Å². The highest BCUT2D eigenvalue weighted by Crippen LogP contribution is 2.19. The first kappa shape index (κ1) is 15.8. The van der Waals surface area contributed by atoms with Crippen molar-refractivity contribution in [1.29, 1.82) is 0 Å². The molecule has 0 aliphatic carbocycles. The molecule has 17 heavy (non-hydrogen) atoms. The molecule has 0 fully saturated rings. The molecule has 98 valence electrons. The van der Waals surface area contributed by atoms with Crippen LogP contribution in [-0.4, -0.2) is 12.8 Å². The summed E-state index contributed by atoms with van der Waals surface area (Å²) in [5.74, 6) is 0.276. The SMILES string of the molecule is CC.CCCc1cccc(OCC(F)(F)F)c1. The van der Waals surface area contributed by atoms with Gasteiger partial charge in [-0.05, 0) is 24.1 Å². The minimum atomic E-state index is -4.28. The zero-order chi connectivity index (χ0) is 13.3. The van der Waals surface area contributed by atoms with Gasteiger partial charge in [0, 0.05) is 0 Å². The molecule has 0 amide bonds. The molecule has 0 aliphatic rings. The monoisotopic (exact) mass is 248 g/mol. The molecule has 1 aromatic carbocycles. The molecular formula is C13H19F3O. The Balaban J connectivity index is 0.00000121. The van der Waals surface area contributed by atoms with Crippen LogP contribution in [0.2, 0.25) is 0 Å². The van der Waals surface area contributed by atoms with E-state index in [1.54, 1.807) is 12.1 Å². The molecule has 0 atom stereocenters. The van der Waals surface area contributed by atoms with Gasteiger partial charge in [0.1, 0.15) is 5.75 Å². The smallest absolute Gasteiger partial charge is 0.422 e. The molecule has 0 aromatic heterocycles. The molecule has 0 unspecified atom stereocenters. The molecule has 1 rings (SSSR count). The number of aryl methyl sites for hydroxylation is 1. The highest BCUT2D eigenvalue weighted by Gasteiger charge is 2.28. The van der Waals surface area contributed by atoms with Gasteiger partial charge in [-0.1, -0.05) is 39.3 Å². The topological polar surface area (TPSA) is 9.23 Å². The van der Waals surface area contributed by atoms with E-state index in [9.17, 15) is 13.2 Å². The first-order valence-electron chi connectivity index (χ1n) is 5.80. The van der Waals surface area contributed by atoms with Crippen LogP contribution in [0.25, 0.3) is 0 Å². The summed E-state index contributed by atoms with van der Waals surface area (Å²) >= 11 is 0. The van der Waals surface area contributed by atoms with Gasteiger partial charge in [0.05, 0.1) is 0 Å². The third kappa shape index (κ3) is 7.66. The first-order valence-corrected chi connectivity index (χ1v) is 5.80. The number of hydrogen-bond acceptors (Lipinski definition) is 1. The fourth-order valence-electron chi connectivity index (χ4n) is 1.24. The van der Waals surface area contributed by atoms with Crippen molar-refractivity contribution in [2.45, 2.75) is 39.8 Å². The average molecular weight is 248 g/mol. The molecule has 0 bridgehead atoms. The van der Waals surface area contributed by atoms with Crippen molar-refractivity contribution in [2.24, 2.45) is 0 Å². The van der Waals surface area contributed by atoms with Crippen LogP contribution in [0.5, 0.6) is 5.75 Å². The summed E-state index contributed by atoms with van der Waals surface area (Å²) in [6, 6.07) is 6.76. The maximum atomic E-state index is 11.9. The zero-order valence-electron chi connectivity index (χ0n) is 10.5. The molecule has 4 heteroatoms. The highest BCUT2D eigenvalue weighted by molar-refractivity contribution is 5.28. The standard InChI is InChI=1S/C11H13F3O.C2H6/c1-2-4-9-5-3-6-10(7-9)15-8-11(12,13)14;1-2/h3,5-7H,2,4,8H2,1H3;1-2H3. The van der Waals surface area contributed by atoms with Gasteiger partial charge in [0.15, 0.2) is 6.61 Å². The normalized spacial score (nSPS) is 10.5. The Labute approximate surface area is 101 Å². The van der Waals surface area contributed by atoms with Crippen LogP contribution < -0.4 is 4.74 Å². The molecule has 0 saturated carbocycles. The Morgan fingerprint density at radius 3 is 2.35 bits per heavy atom. The van der Waals surface area contributed by atoms with Crippen LogP contribution >= 0.6 is 0 Å². The molecule has 1 nitrogen and oxygen atoms in total. The molecule has 0 heterocycles. The lowest BCUT2D eigenvalue weighted by molar-refractivity contribution is -0.153. The van der Waals surface area contributed by atoms with Gasteiger partial charge in [-0.3, -0.25) is 0 Å². The Bertz CT molecular complexity index is 308. The molecular weight excluding hydrogens is 229 g/mol. The second kappa shape index (κ2) is 7.98. The van der Waals surface area contributed by atoms with E-state index < -0.39 is 12.8 Å². The van der Waals surface area contributed by atoms with Crippen molar-refractivity contribution >= 4 is 0 Å². The molecule has 1 aromatic rings. The van der Waals surface area contributed by atoms with E-state index in [-0.39, 0.29) is 5.75 Å². The van der Waals surface area contributed by atoms with Crippen LogP contribution in [0, 0.1) is 0 Å². The van der Waals surface area contributed by atoms with E-state index in [1.807, 2.05) is 26.8 Å². The lowest BCUT2D eigenvalue weighted by atomic mass is 10.1. The van der Waals surface area contributed by atoms with Gasteiger partial charge in [-0.25, -0.2) is 0 Å². The fourth-order valence-corrected chi connectivity index (χ4v) is 1.24. The van der Waals surface area contributed by atoms with E-state index in [1.165, 1.54) is 6.07 Å². The number of rotatable bonds is 4. The largest absolute Gasteiger partial charge is 0.484 e. The number of alkyl halides is 3. The molecule has 0 N–H and O–H groups in total. The predicted octanol–water partition coefficient (Wildman–Crippen LogP) is 4.61. The van der Waals surface area contributed by atoms with Gasteiger partial charge in [0.2, 0.25) is 0 Å². The van der Waals surface area contributed by atoms with Crippen molar-refractivity contribution in [2.75, 3.05) is 6.61 Å². The van der Waals surface area contributed by atoms with Gasteiger partial charge >= 0.3 is 6.18 Å². The van der Waals surface area contributed by atoms with E-state index in [0.717, 1.165) is 18.4 Å². The summed E-state index contributed by atoms with van der Waals surface area (Å²) in [5, 5.41) is 0. The van der Waals surface area contributed by atoms with Crippen molar-refractivity contribution in [1.82, 2.24) is 0 Å². The third-order valence-corrected chi connectivity index (χ3v) is 1.84. The summed E-state index contributed by atoms with van der Waals surface area (Å²) < 4.78 is 40.2. The summed E-state index contributed by atoms with van der Waals surface area (Å²) in [6.07, 6.45) is -2.47. The number of hydrogen-bond donors (Lipinski definition) is 0. The second-order valence-corrected chi connectivity index (χ2v) is 3.30. The Morgan fingerprint density at radius 1 is 1.18 bits per heavy atom. The zero-order valence-corrected chi connectivity index (χ0v) is 10.5. The average Bonchev–Trinajstić information content (AvgIpc) is 2.29. The minimum Gasteiger partial charge on any atom is -0.484 e. The molecule has 0 radical (unpaired) electrons. The lowest BCUT2D eigenvalue weighted by Gasteiger charge is -2.09. The van der Waals surface area contributed by atoms with E-state index >= 15 is 0 Å². The summed E-state index contributed by atoms with van der Waals surface area (Å²) in [6.45, 7) is 4.78. The number of halogens is 3. The maximum absolute atomic E-state index is 11.9. The third-order valence-electron chi connectivity index (χ3n) is 1.84. The predicted molar refractivity (Wildman–Crippen MR) is 63.3 cm³/mol.